The van der Waals surface area contributed by atoms with E-state index in [4.69, 9.17) is 5.11 Å². The first-order chi connectivity index (χ1) is 11.8. The van der Waals surface area contributed by atoms with Crippen LogP contribution in [0.2, 0.25) is 0 Å². The highest BCUT2D eigenvalue weighted by Gasteiger charge is 1.90. The summed E-state index contributed by atoms with van der Waals surface area (Å²) in [7, 11) is 0. The van der Waals surface area contributed by atoms with Crippen molar-refractivity contribution in [2.24, 2.45) is 0 Å². The maximum atomic E-state index is 10.3. The van der Waals surface area contributed by atoms with Gasteiger partial charge >= 0.3 is 5.97 Å². The molecule has 1 N–H and O–H groups in total. The SMILES string of the molecule is CCC=CCCC=CC=CCC=CCC=CCC=CCCC(=O)O. The van der Waals surface area contributed by atoms with E-state index in [1.165, 1.54) is 0 Å². The third kappa shape index (κ3) is 19.9. The molecule has 2 nitrogen and oxygen atoms in total. The Bertz CT molecular complexity index is 462. The standard InChI is InChI=1S/C22H32O2/c1-2-3-4-5-6-7-8-9-10-11-12-13-14-15-16-17-18-19-20-21-22(23)24/h3-4,7-10,12-13,15-16,18-19H,2,5-6,11,14,17,20-21H2,1H3,(H,23,24). The highest BCUT2D eigenvalue weighted by molar-refractivity contribution is 5.66. The monoisotopic (exact) mass is 328 g/mol. The van der Waals surface area contributed by atoms with Crippen molar-refractivity contribution in [1.29, 1.82) is 0 Å². The second kappa shape index (κ2) is 19.0. The fourth-order valence-corrected chi connectivity index (χ4v) is 1.85. The summed E-state index contributed by atoms with van der Waals surface area (Å²) in [6.07, 6.45) is 32.4. The van der Waals surface area contributed by atoms with Crippen molar-refractivity contribution in [3.8, 4) is 0 Å². The van der Waals surface area contributed by atoms with Crippen LogP contribution in [0.4, 0.5) is 0 Å². The van der Waals surface area contributed by atoms with Crippen molar-refractivity contribution in [3.05, 3.63) is 72.9 Å². The molecule has 0 aromatic carbocycles. The van der Waals surface area contributed by atoms with Crippen LogP contribution in [0.5, 0.6) is 0 Å². The predicted octanol–water partition coefficient (Wildman–Crippen LogP) is 6.55. The highest BCUT2D eigenvalue weighted by atomic mass is 16.4. The van der Waals surface area contributed by atoms with Crippen LogP contribution in [0, 0.1) is 0 Å². The Morgan fingerprint density at radius 3 is 1.79 bits per heavy atom. The van der Waals surface area contributed by atoms with Gasteiger partial charge in [-0.1, -0.05) is 79.8 Å². The van der Waals surface area contributed by atoms with E-state index in [9.17, 15) is 4.79 Å². The van der Waals surface area contributed by atoms with Crippen molar-refractivity contribution < 1.29 is 9.90 Å². The molecule has 0 fully saturated rings. The Hall–Kier alpha value is -2.09. The van der Waals surface area contributed by atoms with Crippen LogP contribution >= 0.6 is 0 Å². The first-order valence-corrected chi connectivity index (χ1v) is 8.90. The van der Waals surface area contributed by atoms with Gasteiger partial charge in [0.05, 0.1) is 0 Å². The molecular weight excluding hydrogens is 296 g/mol. The van der Waals surface area contributed by atoms with Gasteiger partial charge in [-0.3, -0.25) is 4.79 Å². The van der Waals surface area contributed by atoms with Crippen LogP contribution in [-0.2, 0) is 4.79 Å². The summed E-state index contributed by atoms with van der Waals surface area (Å²) in [6.45, 7) is 2.15. The Kier molecular flexibility index (Phi) is 17.3. The minimum absolute atomic E-state index is 0.210. The smallest absolute Gasteiger partial charge is 0.303 e. The molecular formula is C22H32O2. The molecule has 0 aromatic heterocycles. The maximum Gasteiger partial charge on any atom is 0.303 e. The summed E-state index contributed by atoms with van der Waals surface area (Å²) in [5, 5.41) is 8.49. The molecule has 0 amide bonds. The molecule has 0 radical (unpaired) electrons. The molecule has 0 bridgehead atoms. The lowest BCUT2D eigenvalue weighted by Gasteiger charge is -1.87. The average Bonchev–Trinajstić information content (AvgIpc) is 2.56. The molecule has 0 rings (SSSR count). The van der Waals surface area contributed by atoms with Crippen molar-refractivity contribution in [3.63, 3.8) is 0 Å². The molecule has 0 unspecified atom stereocenters. The summed E-state index contributed by atoms with van der Waals surface area (Å²) >= 11 is 0. The van der Waals surface area contributed by atoms with Gasteiger partial charge < -0.3 is 5.11 Å². The Labute approximate surface area is 147 Å². The van der Waals surface area contributed by atoms with E-state index >= 15 is 0 Å². The third-order valence-corrected chi connectivity index (χ3v) is 3.13. The number of allylic oxidation sites excluding steroid dienone is 12. The average molecular weight is 328 g/mol. The van der Waals surface area contributed by atoms with E-state index in [-0.39, 0.29) is 6.42 Å². The summed E-state index contributed by atoms with van der Waals surface area (Å²) in [5.41, 5.74) is 0. The van der Waals surface area contributed by atoms with Gasteiger partial charge in [-0.2, -0.15) is 0 Å². The van der Waals surface area contributed by atoms with Gasteiger partial charge in [0.1, 0.15) is 0 Å². The number of rotatable bonds is 14. The zero-order chi connectivity index (χ0) is 17.7. The Morgan fingerprint density at radius 1 is 0.667 bits per heavy atom. The number of unbranched alkanes of at least 4 members (excludes halogenated alkanes) is 1. The topological polar surface area (TPSA) is 37.3 Å². The van der Waals surface area contributed by atoms with Gasteiger partial charge in [-0.15, -0.1) is 0 Å². The minimum atomic E-state index is -0.742. The third-order valence-electron chi connectivity index (χ3n) is 3.13. The van der Waals surface area contributed by atoms with E-state index < -0.39 is 5.97 Å². The van der Waals surface area contributed by atoms with E-state index in [2.05, 4.69) is 67.7 Å². The van der Waals surface area contributed by atoms with Gasteiger partial charge in [0, 0.05) is 6.42 Å². The number of aliphatic carboxylic acids is 1. The first-order valence-electron chi connectivity index (χ1n) is 8.90. The van der Waals surface area contributed by atoms with Crippen LogP contribution in [0.1, 0.15) is 58.3 Å². The molecule has 0 atom stereocenters. The lowest BCUT2D eigenvalue weighted by atomic mass is 10.2. The van der Waals surface area contributed by atoms with Crippen LogP contribution in [0.15, 0.2) is 72.9 Å². The van der Waals surface area contributed by atoms with Crippen LogP contribution in [-0.4, -0.2) is 11.1 Å². The van der Waals surface area contributed by atoms with Gasteiger partial charge in [0.15, 0.2) is 0 Å². The molecule has 0 spiro atoms. The van der Waals surface area contributed by atoms with Crippen molar-refractivity contribution >= 4 is 5.97 Å². The van der Waals surface area contributed by atoms with Gasteiger partial charge in [-0.05, 0) is 44.9 Å². The molecule has 0 aromatic rings. The molecule has 2 heteroatoms. The zero-order valence-electron chi connectivity index (χ0n) is 14.9. The molecule has 0 aliphatic heterocycles. The normalized spacial score (nSPS) is 13.0. The van der Waals surface area contributed by atoms with E-state index in [1.807, 2.05) is 12.2 Å². The number of carbonyl (C=O) groups is 1. The largest absolute Gasteiger partial charge is 0.481 e. The van der Waals surface area contributed by atoms with E-state index in [0.717, 1.165) is 38.5 Å². The van der Waals surface area contributed by atoms with Crippen LogP contribution in [0.3, 0.4) is 0 Å². The van der Waals surface area contributed by atoms with Crippen molar-refractivity contribution in [2.45, 2.75) is 58.3 Å². The summed E-state index contributed by atoms with van der Waals surface area (Å²) < 4.78 is 0. The minimum Gasteiger partial charge on any atom is -0.481 e. The lowest BCUT2D eigenvalue weighted by molar-refractivity contribution is -0.136. The fourth-order valence-electron chi connectivity index (χ4n) is 1.85. The molecule has 0 saturated carbocycles. The molecule has 24 heavy (non-hydrogen) atoms. The maximum absolute atomic E-state index is 10.3. The van der Waals surface area contributed by atoms with Crippen LogP contribution < -0.4 is 0 Å². The number of carboxylic acids is 1. The number of carboxylic acid groups (broad SMARTS) is 1. The van der Waals surface area contributed by atoms with Crippen molar-refractivity contribution in [2.75, 3.05) is 0 Å². The van der Waals surface area contributed by atoms with Gasteiger partial charge in [-0.25, -0.2) is 0 Å². The van der Waals surface area contributed by atoms with Gasteiger partial charge in [0.2, 0.25) is 0 Å². The van der Waals surface area contributed by atoms with E-state index in [0.29, 0.717) is 6.42 Å². The first kappa shape index (κ1) is 21.9. The number of hydrogen-bond acceptors (Lipinski definition) is 1. The Balaban J connectivity index is 3.53. The second-order valence-corrected chi connectivity index (χ2v) is 5.37. The molecule has 0 aliphatic rings. The molecule has 0 aliphatic carbocycles. The number of hydrogen-bond donors (Lipinski definition) is 1. The quantitative estimate of drug-likeness (QED) is 0.223. The Morgan fingerprint density at radius 2 is 1.17 bits per heavy atom. The zero-order valence-corrected chi connectivity index (χ0v) is 14.9. The molecule has 0 saturated heterocycles. The summed E-state index contributed by atoms with van der Waals surface area (Å²) in [5.74, 6) is -0.742. The summed E-state index contributed by atoms with van der Waals surface area (Å²) in [4.78, 5) is 10.3. The van der Waals surface area contributed by atoms with Crippen molar-refractivity contribution in [1.82, 2.24) is 0 Å². The highest BCUT2D eigenvalue weighted by Crippen LogP contribution is 1.97. The van der Waals surface area contributed by atoms with Gasteiger partial charge in [0.25, 0.3) is 0 Å². The predicted molar refractivity (Wildman–Crippen MR) is 105 cm³/mol. The van der Waals surface area contributed by atoms with Crippen LogP contribution in [0.25, 0.3) is 0 Å². The summed E-state index contributed by atoms with van der Waals surface area (Å²) in [6, 6.07) is 0. The lowest BCUT2D eigenvalue weighted by Crippen LogP contribution is -1.91. The second-order valence-electron chi connectivity index (χ2n) is 5.37. The van der Waals surface area contributed by atoms with E-state index in [1.54, 1.807) is 0 Å². The molecule has 0 heterocycles. The fraction of sp³-hybridized carbons (Fsp3) is 0.409. The molecule has 132 valence electrons.